The summed E-state index contributed by atoms with van der Waals surface area (Å²) >= 11 is 0. The van der Waals surface area contributed by atoms with Crippen molar-refractivity contribution in [2.45, 2.75) is 26.7 Å². The van der Waals surface area contributed by atoms with Gasteiger partial charge in [-0.25, -0.2) is 4.79 Å². The van der Waals surface area contributed by atoms with Gasteiger partial charge in [-0.05, 0) is 31.1 Å². The molecule has 3 nitrogen and oxygen atoms in total. The highest BCUT2D eigenvalue weighted by molar-refractivity contribution is 5.80. The van der Waals surface area contributed by atoms with Gasteiger partial charge in [-0.1, -0.05) is 31.5 Å². The number of hydrogen-bond donors (Lipinski definition) is 1. The maximum Gasteiger partial charge on any atom is 0.328 e. The molecule has 0 saturated heterocycles. The molecular weight excluding hydrogens is 226 g/mol. The second-order valence-corrected chi connectivity index (χ2v) is 4.44. The first-order valence-corrected chi connectivity index (χ1v) is 6.33. The van der Waals surface area contributed by atoms with Crippen molar-refractivity contribution in [1.29, 1.82) is 0 Å². The van der Waals surface area contributed by atoms with Crippen LogP contribution in [0.25, 0.3) is 0 Å². The van der Waals surface area contributed by atoms with Crippen LogP contribution in [0.2, 0.25) is 0 Å². The zero-order valence-corrected chi connectivity index (χ0v) is 11.1. The molecule has 3 heteroatoms. The Bertz CT molecular complexity index is 398. The minimum atomic E-state index is -0.879. The Morgan fingerprint density at radius 1 is 1.33 bits per heavy atom. The molecule has 1 rings (SSSR count). The molecule has 0 atom stereocenters. The Morgan fingerprint density at radius 3 is 2.56 bits per heavy atom. The number of carboxylic acid groups (broad SMARTS) is 1. The van der Waals surface area contributed by atoms with Crippen LogP contribution in [0.4, 0.5) is 5.69 Å². The summed E-state index contributed by atoms with van der Waals surface area (Å²) in [4.78, 5) is 12.9. The summed E-state index contributed by atoms with van der Waals surface area (Å²) in [5.74, 6) is -0.879. The van der Waals surface area contributed by atoms with Gasteiger partial charge in [-0.3, -0.25) is 0 Å². The summed E-state index contributed by atoms with van der Waals surface area (Å²) in [7, 11) is 0. The number of nitrogens with zero attached hydrogens (tertiary/aromatic N) is 1. The topological polar surface area (TPSA) is 40.5 Å². The van der Waals surface area contributed by atoms with Gasteiger partial charge in [0, 0.05) is 24.9 Å². The Kier molecular flexibility index (Phi) is 5.98. The zero-order chi connectivity index (χ0) is 13.4. The number of aliphatic carboxylic acids is 1. The van der Waals surface area contributed by atoms with Gasteiger partial charge in [0.05, 0.1) is 0 Å². The minimum absolute atomic E-state index is 0.663. The van der Waals surface area contributed by atoms with Crippen molar-refractivity contribution < 1.29 is 9.90 Å². The normalized spacial score (nSPS) is 11.3. The van der Waals surface area contributed by atoms with Crippen molar-refractivity contribution in [3.63, 3.8) is 0 Å². The lowest BCUT2D eigenvalue weighted by molar-refractivity contribution is -0.131. The molecule has 0 aliphatic carbocycles. The quantitative estimate of drug-likeness (QED) is 0.751. The summed E-state index contributed by atoms with van der Waals surface area (Å²) in [6.07, 6.45) is 3.52. The van der Waals surface area contributed by atoms with Gasteiger partial charge in [-0.15, -0.1) is 0 Å². The molecule has 0 radical (unpaired) electrons. The number of para-hydroxylation sites is 1. The van der Waals surface area contributed by atoms with E-state index < -0.39 is 5.97 Å². The van der Waals surface area contributed by atoms with E-state index >= 15 is 0 Å². The number of rotatable bonds is 7. The SMILES string of the molecule is CCCCN(CC(C)=CC(=O)O)c1ccccc1. The van der Waals surface area contributed by atoms with Crippen molar-refractivity contribution in [2.75, 3.05) is 18.0 Å². The van der Waals surface area contributed by atoms with Crippen LogP contribution >= 0.6 is 0 Å². The van der Waals surface area contributed by atoms with Crippen LogP contribution < -0.4 is 4.90 Å². The Morgan fingerprint density at radius 2 is 2.00 bits per heavy atom. The molecule has 1 N–H and O–H groups in total. The third-order valence-corrected chi connectivity index (χ3v) is 2.71. The van der Waals surface area contributed by atoms with Crippen molar-refractivity contribution >= 4 is 11.7 Å². The molecule has 98 valence electrons. The number of benzene rings is 1. The van der Waals surface area contributed by atoms with E-state index in [4.69, 9.17) is 5.11 Å². The average Bonchev–Trinajstić information content (AvgIpc) is 2.34. The summed E-state index contributed by atoms with van der Waals surface area (Å²) in [6.45, 7) is 5.63. The zero-order valence-electron chi connectivity index (χ0n) is 11.1. The molecule has 0 unspecified atom stereocenters. The van der Waals surface area contributed by atoms with Crippen LogP contribution in [0.1, 0.15) is 26.7 Å². The van der Waals surface area contributed by atoms with Crippen LogP contribution in [0.15, 0.2) is 42.0 Å². The van der Waals surface area contributed by atoms with E-state index in [0.29, 0.717) is 6.54 Å². The van der Waals surface area contributed by atoms with E-state index in [1.54, 1.807) is 0 Å². The average molecular weight is 247 g/mol. The third kappa shape index (κ3) is 5.04. The number of hydrogen-bond acceptors (Lipinski definition) is 2. The van der Waals surface area contributed by atoms with Crippen LogP contribution in [0, 0.1) is 0 Å². The number of carboxylic acids is 1. The number of anilines is 1. The lowest BCUT2D eigenvalue weighted by Crippen LogP contribution is -2.26. The molecule has 0 aliphatic rings. The number of unbranched alkanes of at least 4 members (excludes halogenated alkanes) is 1. The van der Waals surface area contributed by atoms with Gasteiger partial charge in [-0.2, -0.15) is 0 Å². The second kappa shape index (κ2) is 7.54. The first kappa shape index (κ1) is 14.3. The fourth-order valence-electron chi connectivity index (χ4n) is 1.84. The van der Waals surface area contributed by atoms with Gasteiger partial charge in [0.15, 0.2) is 0 Å². The van der Waals surface area contributed by atoms with Crippen LogP contribution in [0.3, 0.4) is 0 Å². The molecule has 0 heterocycles. The molecule has 0 aliphatic heterocycles. The van der Waals surface area contributed by atoms with Crippen molar-refractivity contribution in [3.8, 4) is 0 Å². The summed E-state index contributed by atoms with van der Waals surface area (Å²) in [5.41, 5.74) is 2.01. The monoisotopic (exact) mass is 247 g/mol. The molecule has 0 fully saturated rings. The van der Waals surface area contributed by atoms with E-state index in [-0.39, 0.29) is 0 Å². The van der Waals surface area contributed by atoms with Crippen molar-refractivity contribution in [3.05, 3.63) is 42.0 Å². The fraction of sp³-hybridized carbons (Fsp3) is 0.400. The van der Waals surface area contributed by atoms with Crippen LogP contribution in [0.5, 0.6) is 0 Å². The van der Waals surface area contributed by atoms with Crippen LogP contribution in [-0.2, 0) is 4.79 Å². The highest BCUT2D eigenvalue weighted by Gasteiger charge is 2.06. The Labute approximate surface area is 109 Å². The van der Waals surface area contributed by atoms with Gasteiger partial charge < -0.3 is 10.0 Å². The summed E-state index contributed by atoms with van der Waals surface area (Å²) in [6, 6.07) is 10.1. The smallest absolute Gasteiger partial charge is 0.328 e. The predicted molar refractivity (Wildman–Crippen MR) is 75.0 cm³/mol. The molecular formula is C15H21NO2. The van der Waals surface area contributed by atoms with E-state index in [2.05, 4.69) is 24.0 Å². The van der Waals surface area contributed by atoms with Gasteiger partial charge in [0.2, 0.25) is 0 Å². The Balaban J connectivity index is 2.76. The Hall–Kier alpha value is -1.77. The first-order valence-electron chi connectivity index (χ1n) is 6.33. The molecule has 0 saturated carbocycles. The van der Waals surface area contributed by atoms with E-state index in [0.717, 1.165) is 30.6 Å². The van der Waals surface area contributed by atoms with Gasteiger partial charge in [0.1, 0.15) is 0 Å². The lowest BCUT2D eigenvalue weighted by atomic mass is 10.2. The molecule has 0 amide bonds. The first-order chi connectivity index (χ1) is 8.63. The maximum atomic E-state index is 10.6. The lowest BCUT2D eigenvalue weighted by Gasteiger charge is -2.25. The molecule has 0 spiro atoms. The minimum Gasteiger partial charge on any atom is -0.478 e. The maximum absolute atomic E-state index is 10.6. The van der Waals surface area contributed by atoms with E-state index in [9.17, 15) is 4.79 Å². The molecule has 0 aromatic heterocycles. The molecule has 1 aromatic rings. The molecule has 1 aromatic carbocycles. The standard InChI is InChI=1S/C15H21NO2/c1-3-4-10-16(12-13(2)11-15(17)18)14-8-6-5-7-9-14/h5-9,11H,3-4,10,12H2,1-2H3,(H,17,18). The van der Waals surface area contributed by atoms with Crippen molar-refractivity contribution in [1.82, 2.24) is 0 Å². The second-order valence-electron chi connectivity index (χ2n) is 4.44. The van der Waals surface area contributed by atoms with Crippen molar-refractivity contribution in [2.24, 2.45) is 0 Å². The highest BCUT2D eigenvalue weighted by Crippen LogP contribution is 2.15. The highest BCUT2D eigenvalue weighted by atomic mass is 16.4. The van der Waals surface area contributed by atoms with E-state index in [1.165, 1.54) is 6.08 Å². The van der Waals surface area contributed by atoms with E-state index in [1.807, 2.05) is 25.1 Å². The summed E-state index contributed by atoms with van der Waals surface area (Å²) < 4.78 is 0. The largest absolute Gasteiger partial charge is 0.478 e. The molecule has 0 bridgehead atoms. The predicted octanol–water partition coefficient (Wildman–Crippen LogP) is 3.32. The van der Waals surface area contributed by atoms with Gasteiger partial charge in [0.25, 0.3) is 0 Å². The van der Waals surface area contributed by atoms with Gasteiger partial charge >= 0.3 is 5.97 Å². The third-order valence-electron chi connectivity index (χ3n) is 2.71. The summed E-state index contributed by atoms with van der Waals surface area (Å²) in [5, 5.41) is 8.75. The molecule has 18 heavy (non-hydrogen) atoms. The van der Waals surface area contributed by atoms with Crippen LogP contribution in [-0.4, -0.2) is 24.2 Å². The number of carbonyl (C=O) groups is 1. The fourth-order valence-corrected chi connectivity index (χ4v) is 1.84.